The predicted octanol–water partition coefficient (Wildman–Crippen LogP) is 5.36. The van der Waals surface area contributed by atoms with Crippen LogP contribution in [0.3, 0.4) is 0 Å². The van der Waals surface area contributed by atoms with Crippen molar-refractivity contribution in [1.82, 2.24) is 0 Å². The van der Waals surface area contributed by atoms with Crippen LogP contribution < -0.4 is 0 Å². The van der Waals surface area contributed by atoms with E-state index in [1.165, 1.54) is 4.70 Å². The second kappa shape index (κ2) is 5.47. The summed E-state index contributed by atoms with van der Waals surface area (Å²) in [5.41, 5.74) is 3.32. The Morgan fingerprint density at radius 3 is 2.76 bits per heavy atom. The van der Waals surface area contributed by atoms with Crippen molar-refractivity contribution in [3.8, 4) is 0 Å². The zero-order chi connectivity index (χ0) is 15.0. The van der Waals surface area contributed by atoms with Crippen LogP contribution in [0, 0.1) is 17.0 Å². The molecule has 3 rings (SSSR count). The summed E-state index contributed by atoms with van der Waals surface area (Å²) in [6.07, 6.45) is 0.674. The lowest BCUT2D eigenvalue weighted by Crippen LogP contribution is -1.95. The summed E-state index contributed by atoms with van der Waals surface area (Å²) >= 11 is 7.73. The standard InChI is InChI=1S/C16H12ClNO2S/c1-10-2-4-14(18(19)20)7-11(10)6-12-9-21-16-5-3-13(17)8-15(12)16/h2-5,7-9H,6H2,1H3. The van der Waals surface area contributed by atoms with Crippen LogP contribution in [-0.2, 0) is 6.42 Å². The van der Waals surface area contributed by atoms with Crippen LogP contribution >= 0.6 is 22.9 Å². The topological polar surface area (TPSA) is 43.1 Å². The van der Waals surface area contributed by atoms with E-state index in [2.05, 4.69) is 5.38 Å². The molecule has 0 bridgehead atoms. The molecular formula is C16H12ClNO2S. The molecule has 3 nitrogen and oxygen atoms in total. The Morgan fingerprint density at radius 1 is 1.19 bits per heavy atom. The number of nitrogens with zero attached hydrogens (tertiary/aromatic N) is 1. The Labute approximate surface area is 130 Å². The number of non-ortho nitro benzene ring substituents is 1. The number of fused-ring (bicyclic) bond motifs is 1. The third-order valence-corrected chi connectivity index (χ3v) is 4.79. The van der Waals surface area contributed by atoms with Crippen LogP contribution in [-0.4, -0.2) is 4.92 Å². The number of thiophene rings is 1. The van der Waals surface area contributed by atoms with E-state index in [0.717, 1.165) is 22.1 Å². The van der Waals surface area contributed by atoms with E-state index in [-0.39, 0.29) is 10.6 Å². The van der Waals surface area contributed by atoms with Gasteiger partial charge in [0, 0.05) is 21.9 Å². The molecule has 1 heterocycles. The summed E-state index contributed by atoms with van der Waals surface area (Å²) in [6, 6.07) is 10.8. The number of nitro groups is 1. The van der Waals surface area contributed by atoms with E-state index in [0.29, 0.717) is 11.4 Å². The Balaban J connectivity index is 2.04. The van der Waals surface area contributed by atoms with E-state index in [9.17, 15) is 10.1 Å². The highest BCUT2D eigenvalue weighted by Crippen LogP contribution is 2.31. The van der Waals surface area contributed by atoms with Crippen LogP contribution in [0.2, 0.25) is 5.02 Å². The fourth-order valence-corrected chi connectivity index (χ4v) is 3.47. The number of hydrogen-bond donors (Lipinski definition) is 0. The van der Waals surface area contributed by atoms with E-state index in [1.54, 1.807) is 29.5 Å². The summed E-state index contributed by atoms with van der Waals surface area (Å²) in [5, 5.41) is 14.8. The lowest BCUT2D eigenvalue weighted by atomic mass is 9.99. The number of nitro benzene ring substituents is 1. The van der Waals surface area contributed by atoms with Crippen LogP contribution in [0.25, 0.3) is 10.1 Å². The first-order valence-electron chi connectivity index (χ1n) is 6.44. The molecule has 1 aromatic heterocycles. The Kier molecular flexibility index (Phi) is 3.66. The third-order valence-electron chi connectivity index (χ3n) is 3.54. The van der Waals surface area contributed by atoms with E-state index in [1.807, 2.05) is 25.1 Å². The Bertz CT molecular complexity index is 841. The fraction of sp³-hybridized carbons (Fsp3) is 0.125. The highest BCUT2D eigenvalue weighted by atomic mass is 35.5. The molecule has 106 valence electrons. The van der Waals surface area contributed by atoms with Gasteiger partial charge in [0.05, 0.1) is 4.92 Å². The maximum absolute atomic E-state index is 10.9. The van der Waals surface area contributed by atoms with Crippen molar-refractivity contribution in [2.45, 2.75) is 13.3 Å². The molecule has 0 N–H and O–H groups in total. The Hall–Kier alpha value is -1.91. The summed E-state index contributed by atoms with van der Waals surface area (Å²) in [5.74, 6) is 0. The molecule has 0 spiro atoms. The molecule has 0 unspecified atom stereocenters. The molecule has 0 aliphatic carbocycles. The van der Waals surface area contributed by atoms with Gasteiger partial charge in [-0.2, -0.15) is 0 Å². The van der Waals surface area contributed by atoms with Crippen molar-refractivity contribution >= 4 is 38.7 Å². The minimum absolute atomic E-state index is 0.133. The number of rotatable bonds is 3. The first-order valence-corrected chi connectivity index (χ1v) is 7.70. The molecule has 5 heteroatoms. The Morgan fingerprint density at radius 2 is 2.00 bits per heavy atom. The number of benzene rings is 2. The third kappa shape index (κ3) is 2.77. The van der Waals surface area contributed by atoms with Crippen molar-refractivity contribution in [2.24, 2.45) is 0 Å². The quantitative estimate of drug-likeness (QED) is 0.482. The molecule has 0 atom stereocenters. The summed E-state index contributed by atoms with van der Waals surface area (Å²) in [7, 11) is 0. The van der Waals surface area contributed by atoms with E-state index < -0.39 is 0 Å². The van der Waals surface area contributed by atoms with E-state index >= 15 is 0 Å². The molecule has 21 heavy (non-hydrogen) atoms. The van der Waals surface area contributed by atoms with Gasteiger partial charge in [0.25, 0.3) is 5.69 Å². The van der Waals surface area contributed by atoms with Gasteiger partial charge in [-0.05, 0) is 59.0 Å². The van der Waals surface area contributed by atoms with Crippen molar-refractivity contribution in [1.29, 1.82) is 0 Å². The summed E-state index contributed by atoms with van der Waals surface area (Å²) < 4.78 is 1.18. The van der Waals surface area contributed by atoms with Gasteiger partial charge in [-0.3, -0.25) is 10.1 Å². The number of halogens is 1. The molecule has 0 aliphatic heterocycles. The molecule has 0 saturated heterocycles. The molecule has 0 radical (unpaired) electrons. The maximum Gasteiger partial charge on any atom is 0.269 e. The summed E-state index contributed by atoms with van der Waals surface area (Å²) in [6.45, 7) is 1.97. The SMILES string of the molecule is Cc1ccc([N+](=O)[O-])cc1Cc1csc2ccc(Cl)cc12. The van der Waals surface area contributed by atoms with E-state index in [4.69, 9.17) is 11.6 Å². The first kappa shape index (κ1) is 14.0. The molecule has 3 aromatic rings. The average molecular weight is 318 g/mol. The van der Waals surface area contributed by atoms with Gasteiger partial charge >= 0.3 is 0 Å². The number of hydrogen-bond acceptors (Lipinski definition) is 3. The van der Waals surface area contributed by atoms with Crippen molar-refractivity contribution in [3.05, 3.63) is 73.6 Å². The van der Waals surface area contributed by atoms with Crippen LogP contribution in [0.15, 0.2) is 41.8 Å². The highest BCUT2D eigenvalue weighted by molar-refractivity contribution is 7.17. The van der Waals surface area contributed by atoms with Gasteiger partial charge < -0.3 is 0 Å². The summed E-state index contributed by atoms with van der Waals surface area (Å²) in [4.78, 5) is 10.6. The molecule has 2 aromatic carbocycles. The van der Waals surface area contributed by atoms with Gasteiger partial charge in [-0.15, -0.1) is 11.3 Å². The molecule has 0 aliphatic rings. The predicted molar refractivity (Wildman–Crippen MR) is 87.5 cm³/mol. The minimum Gasteiger partial charge on any atom is -0.258 e. The van der Waals surface area contributed by atoms with Crippen molar-refractivity contribution < 1.29 is 4.92 Å². The second-order valence-corrected chi connectivity index (χ2v) is 6.29. The van der Waals surface area contributed by atoms with Crippen molar-refractivity contribution in [2.75, 3.05) is 0 Å². The molecular weight excluding hydrogens is 306 g/mol. The lowest BCUT2D eigenvalue weighted by molar-refractivity contribution is -0.384. The smallest absolute Gasteiger partial charge is 0.258 e. The van der Waals surface area contributed by atoms with Gasteiger partial charge in [-0.25, -0.2) is 0 Å². The van der Waals surface area contributed by atoms with Crippen LogP contribution in [0.4, 0.5) is 5.69 Å². The molecule has 0 fully saturated rings. The zero-order valence-corrected chi connectivity index (χ0v) is 12.9. The maximum atomic E-state index is 10.9. The minimum atomic E-state index is -0.356. The lowest BCUT2D eigenvalue weighted by Gasteiger charge is -2.05. The van der Waals surface area contributed by atoms with Gasteiger partial charge in [0.1, 0.15) is 0 Å². The second-order valence-electron chi connectivity index (χ2n) is 4.95. The monoisotopic (exact) mass is 317 g/mol. The highest BCUT2D eigenvalue weighted by Gasteiger charge is 2.11. The fourth-order valence-electron chi connectivity index (χ4n) is 2.36. The van der Waals surface area contributed by atoms with Gasteiger partial charge in [0.2, 0.25) is 0 Å². The van der Waals surface area contributed by atoms with Gasteiger partial charge in [0.15, 0.2) is 0 Å². The van der Waals surface area contributed by atoms with Crippen LogP contribution in [0.1, 0.15) is 16.7 Å². The largest absolute Gasteiger partial charge is 0.269 e. The normalized spacial score (nSPS) is 11.0. The average Bonchev–Trinajstić information content (AvgIpc) is 2.83. The van der Waals surface area contributed by atoms with Gasteiger partial charge in [-0.1, -0.05) is 17.7 Å². The molecule has 0 saturated carbocycles. The first-order chi connectivity index (χ1) is 10.0. The molecule has 0 amide bonds. The zero-order valence-electron chi connectivity index (χ0n) is 11.3. The number of aryl methyl sites for hydroxylation is 1. The van der Waals surface area contributed by atoms with Crippen LogP contribution in [0.5, 0.6) is 0 Å². The van der Waals surface area contributed by atoms with Crippen molar-refractivity contribution in [3.63, 3.8) is 0 Å².